The molecule has 0 heterocycles. The van der Waals surface area contributed by atoms with Gasteiger partial charge in [-0.05, 0) is 18.8 Å². The van der Waals surface area contributed by atoms with Crippen molar-refractivity contribution in [3.05, 3.63) is 0 Å². The van der Waals surface area contributed by atoms with Crippen LogP contribution >= 0.6 is 0 Å². The van der Waals surface area contributed by atoms with E-state index >= 15 is 0 Å². The molecule has 2 nitrogen and oxygen atoms in total. The zero-order valence-corrected chi connectivity index (χ0v) is 8.26. The average molecular weight is 169 g/mol. The molecule has 1 N–H and O–H groups in total. The van der Waals surface area contributed by atoms with Crippen molar-refractivity contribution >= 4 is 5.78 Å². The van der Waals surface area contributed by atoms with E-state index in [1.165, 1.54) is 12.8 Å². The van der Waals surface area contributed by atoms with E-state index < -0.39 is 0 Å². The smallest absolute Gasteiger partial charge is 0.149 e. The Morgan fingerprint density at radius 3 is 2.42 bits per heavy atom. The molecular formula is C10H19NO. The summed E-state index contributed by atoms with van der Waals surface area (Å²) in [6.45, 7) is 6.14. The summed E-state index contributed by atoms with van der Waals surface area (Å²) >= 11 is 0. The summed E-state index contributed by atoms with van der Waals surface area (Å²) in [5.41, 5.74) is 0. The number of carbonyl (C=O) groups is 1. The van der Waals surface area contributed by atoms with Crippen LogP contribution in [0.2, 0.25) is 0 Å². The predicted octanol–water partition coefficient (Wildman–Crippen LogP) is 1.74. The number of hydrogen-bond acceptors (Lipinski definition) is 2. The minimum atomic E-state index is 0.148. The van der Waals surface area contributed by atoms with Crippen molar-refractivity contribution in [2.75, 3.05) is 0 Å². The number of hydrogen-bond donors (Lipinski definition) is 1. The predicted molar refractivity (Wildman–Crippen MR) is 50.1 cm³/mol. The Morgan fingerprint density at radius 1 is 1.50 bits per heavy atom. The molecule has 1 aliphatic carbocycles. The maximum Gasteiger partial charge on any atom is 0.149 e. The van der Waals surface area contributed by atoms with Gasteiger partial charge in [-0.25, -0.2) is 0 Å². The largest absolute Gasteiger partial charge is 0.305 e. The third-order valence-corrected chi connectivity index (χ3v) is 2.30. The lowest BCUT2D eigenvalue weighted by Crippen LogP contribution is -2.42. The zero-order valence-electron chi connectivity index (χ0n) is 8.26. The van der Waals surface area contributed by atoms with Crippen molar-refractivity contribution in [1.82, 2.24) is 5.32 Å². The number of ketones is 1. The van der Waals surface area contributed by atoms with Gasteiger partial charge in [-0.3, -0.25) is 4.79 Å². The van der Waals surface area contributed by atoms with Crippen LogP contribution in [-0.4, -0.2) is 17.9 Å². The van der Waals surface area contributed by atoms with E-state index in [-0.39, 0.29) is 6.04 Å². The van der Waals surface area contributed by atoms with Crippen molar-refractivity contribution in [3.63, 3.8) is 0 Å². The van der Waals surface area contributed by atoms with E-state index in [0.29, 0.717) is 24.2 Å². The molecule has 70 valence electrons. The van der Waals surface area contributed by atoms with Gasteiger partial charge in [-0.1, -0.05) is 20.8 Å². The average Bonchev–Trinajstić information content (AvgIpc) is 2.81. The first-order valence-electron chi connectivity index (χ1n) is 4.94. The molecule has 0 aromatic carbocycles. The van der Waals surface area contributed by atoms with E-state index in [9.17, 15) is 4.79 Å². The normalized spacial score (nSPS) is 19.7. The first-order chi connectivity index (χ1) is 5.65. The fourth-order valence-corrected chi connectivity index (χ4v) is 1.50. The summed E-state index contributed by atoms with van der Waals surface area (Å²) in [5, 5.41) is 3.34. The van der Waals surface area contributed by atoms with Gasteiger partial charge in [0.15, 0.2) is 0 Å². The minimum absolute atomic E-state index is 0.148. The lowest BCUT2D eigenvalue weighted by Gasteiger charge is -2.18. The summed E-state index contributed by atoms with van der Waals surface area (Å²) in [6.07, 6.45) is 3.13. The van der Waals surface area contributed by atoms with Crippen LogP contribution in [0.1, 0.15) is 40.0 Å². The van der Waals surface area contributed by atoms with Gasteiger partial charge in [-0.15, -0.1) is 0 Å². The molecule has 1 saturated carbocycles. The van der Waals surface area contributed by atoms with Gasteiger partial charge in [-0.2, -0.15) is 0 Å². The maximum absolute atomic E-state index is 11.5. The summed E-state index contributed by atoms with van der Waals surface area (Å²) in [4.78, 5) is 11.5. The Balaban J connectivity index is 2.42. The summed E-state index contributed by atoms with van der Waals surface area (Å²) in [7, 11) is 0. The van der Waals surface area contributed by atoms with Crippen LogP contribution in [-0.2, 0) is 4.79 Å². The monoisotopic (exact) mass is 169 g/mol. The van der Waals surface area contributed by atoms with Crippen molar-refractivity contribution in [3.8, 4) is 0 Å². The highest BCUT2D eigenvalue weighted by molar-refractivity contribution is 5.84. The lowest BCUT2D eigenvalue weighted by molar-refractivity contribution is -0.121. The lowest BCUT2D eigenvalue weighted by atomic mass is 10.0. The first kappa shape index (κ1) is 9.72. The van der Waals surface area contributed by atoms with Gasteiger partial charge in [0.1, 0.15) is 5.78 Å². The molecule has 2 heteroatoms. The molecule has 0 bridgehead atoms. The second-order valence-corrected chi connectivity index (χ2v) is 3.96. The first-order valence-corrected chi connectivity index (χ1v) is 4.94. The molecule has 0 aromatic heterocycles. The Kier molecular flexibility index (Phi) is 3.27. The van der Waals surface area contributed by atoms with E-state index in [4.69, 9.17) is 0 Å². The summed E-state index contributed by atoms with van der Waals surface area (Å²) in [5.74, 6) is 1.02. The number of rotatable bonds is 5. The van der Waals surface area contributed by atoms with Gasteiger partial charge in [0.05, 0.1) is 6.04 Å². The third kappa shape index (κ3) is 2.59. The van der Waals surface area contributed by atoms with Crippen molar-refractivity contribution in [2.45, 2.75) is 52.1 Å². The molecule has 1 aliphatic rings. The minimum Gasteiger partial charge on any atom is -0.305 e. The van der Waals surface area contributed by atoms with Crippen LogP contribution in [0, 0.1) is 5.92 Å². The van der Waals surface area contributed by atoms with Crippen LogP contribution in [0.3, 0.4) is 0 Å². The van der Waals surface area contributed by atoms with Gasteiger partial charge >= 0.3 is 0 Å². The van der Waals surface area contributed by atoms with E-state index in [1.807, 2.05) is 6.92 Å². The second-order valence-electron chi connectivity index (χ2n) is 3.96. The Morgan fingerprint density at radius 2 is 2.08 bits per heavy atom. The molecule has 0 unspecified atom stereocenters. The zero-order chi connectivity index (χ0) is 9.14. The fourth-order valence-electron chi connectivity index (χ4n) is 1.50. The van der Waals surface area contributed by atoms with Gasteiger partial charge < -0.3 is 5.32 Å². The highest BCUT2D eigenvalue weighted by atomic mass is 16.1. The number of nitrogens with one attached hydrogen (secondary N) is 1. The van der Waals surface area contributed by atoms with E-state index in [2.05, 4.69) is 19.2 Å². The van der Waals surface area contributed by atoms with Gasteiger partial charge in [0.2, 0.25) is 0 Å². The fraction of sp³-hybridized carbons (Fsp3) is 0.900. The highest BCUT2D eigenvalue weighted by Crippen LogP contribution is 2.33. The van der Waals surface area contributed by atoms with Crippen LogP contribution in [0.25, 0.3) is 0 Å². The summed E-state index contributed by atoms with van der Waals surface area (Å²) < 4.78 is 0. The molecule has 1 atom stereocenters. The van der Waals surface area contributed by atoms with Crippen molar-refractivity contribution in [2.24, 2.45) is 5.92 Å². The van der Waals surface area contributed by atoms with Crippen LogP contribution < -0.4 is 5.32 Å². The highest BCUT2D eigenvalue weighted by Gasteiger charge is 2.34. The van der Waals surface area contributed by atoms with E-state index in [1.54, 1.807) is 0 Å². The van der Waals surface area contributed by atoms with Crippen molar-refractivity contribution < 1.29 is 4.79 Å². The molecule has 0 spiro atoms. The van der Waals surface area contributed by atoms with Crippen LogP contribution in [0.4, 0.5) is 0 Å². The number of carbonyl (C=O) groups excluding carboxylic acids is 1. The molecule has 0 aromatic rings. The molecule has 1 rings (SSSR count). The van der Waals surface area contributed by atoms with E-state index in [0.717, 1.165) is 0 Å². The maximum atomic E-state index is 11.5. The molecule has 1 fully saturated rings. The molecule has 0 aliphatic heterocycles. The number of Topliss-reactive ketones (excluding diaryl/α,β-unsaturated/α-hetero) is 1. The van der Waals surface area contributed by atoms with Crippen LogP contribution in [0.5, 0.6) is 0 Å². The molecule has 0 amide bonds. The molecule has 0 saturated heterocycles. The van der Waals surface area contributed by atoms with Crippen LogP contribution in [0.15, 0.2) is 0 Å². The van der Waals surface area contributed by atoms with Gasteiger partial charge in [0, 0.05) is 12.5 Å². The molecule has 0 radical (unpaired) electrons. The standard InChI is InChI=1S/C10H19NO/c1-4-9(12)10(8-5-6-8)11-7(2)3/h7-8,10-11H,4-6H2,1-3H3/t10-/m0/s1. The Hall–Kier alpha value is -0.370. The van der Waals surface area contributed by atoms with Gasteiger partial charge in [0.25, 0.3) is 0 Å². The third-order valence-electron chi connectivity index (χ3n) is 2.30. The second kappa shape index (κ2) is 4.04. The quantitative estimate of drug-likeness (QED) is 0.679. The molecule has 12 heavy (non-hydrogen) atoms. The SMILES string of the molecule is CCC(=O)[C@@H](NC(C)C)C1CC1. The Bertz CT molecular complexity index is 161. The summed E-state index contributed by atoms with van der Waals surface area (Å²) in [6, 6.07) is 0.570. The van der Waals surface area contributed by atoms with Crippen molar-refractivity contribution in [1.29, 1.82) is 0 Å². The molecular weight excluding hydrogens is 150 g/mol. The topological polar surface area (TPSA) is 29.1 Å². The Labute approximate surface area is 74.7 Å².